The first-order valence-electron chi connectivity index (χ1n) is 15.8. The number of rotatable bonds is 2. The summed E-state index contributed by atoms with van der Waals surface area (Å²) < 4.78 is 0. The van der Waals surface area contributed by atoms with Crippen LogP contribution >= 0.6 is 0 Å². The summed E-state index contributed by atoms with van der Waals surface area (Å²) in [4.78, 5) is 0. The number of fused-ring (bicyclic) bond motifs is 10. The van der Waals surface area contributed by atoms with E-state index in [1.807, 2.05) is 72.8 Å². The summed E-state index contributed by atoms with van der Waals surface area (Å²) in [5, 5.41) is 96.8. The zero-order valence-electron chi connectivity index (χ0n) is 26.0. The van der Waals surface area contributed by atoms with Crippen LogP contribution in [0.15, 0.2) is 109 Å². The highest BCUT2D eigenvalue weighted by Crippen LogP contribution is 2.62. The number of aromatic hydroxyl groups is 8. The number of hydrogen-bond acceptors (Lipinski definition) is 8. The van der Waals surface area contributed by atoms with Gasteiger partial charge in [-0.1, -0.05) is 103 Å². The van der Waals surface area contributed by atoms with Crippen molar-refractivity contribution in [3.05, 3.63) is 109 Å². The molecule has 8 nitrogen and oxygen atoms in total. The Morgan fingerprint density at radius 2 is 0.600 bits per heavy atom. The van der Waals surface area contributed by atoms with Crippen molar-refractivity contribution in [3.8, 4) is 68.2 Å². The fourth-order valence-electron chi connectivity index (χ4n) is 7.76. The molecule has 242 valence electrons. The van der Waals surface area contributed by atoms with Crippen molar-refractivity contribution in [1.82, 2.24) is 0 Å². The van der Waals surface area contributed by atoms with Crippen molar-refractivity contribution >= 4 is 64.6 Å². The Balaban J connectivity index is 1.65. The predicted octanol–water partition coefficient (Wildman–Crippen LogP) is 9.58. The molecular formula is C42H26O8. The van der Waals surface area contributed by atoms with Crippen LogP contribution in [0.3, 0.4) is 0 Å². The summed E-state index contributed by atoms with van der Waals surface area (Å²) in [6, 6.07) is 33.7. The molecule has 0 fully saturated rings. The van der Waals surface area contributed by atoms with Gasteiger partial charge in [0.25, 0.3) is 0 Å². The van der Waals surface area contributed by atoms with Crippen LogP contribution < -0.4 is 0 Å². The number of benzene rings is 9. The van der Waals surface area contributed by atoms with Crippen LogP contribution in [0.2, 0.25) is 0 Å². The minimum Gasteiger partial charge on any atom is -0.504 e. The highest BCUT2D eigenvalue weighted by molar-refractivity contribution is 6.36. The van der Waals surface area contributed by atoms with Gasteiger partial charge in [-0.25, -0.2) is 0 Å². The molecule has 0 aliphatic rings. The molecule has 8 heteroatoms. The highest BCUT2D eigenvalue weighted by atomic mass is 16.4. The van der Waals surface area contributed by atoms with E-state index >= 15 is 0 Å². The Bertz CT molecular complexity index is 2870. The standard InChI is InChI=1S/C42H26O8/c43-35-31-28(19-10-2-1-3-11-19)32-34(38(46)42(50)40(48)36(32)44)30(33(31)37(45)41(49)39(35)47)27-18-26-22-14-5-4-12-20(22)21-13-6-8-16-24(21)29(26)25-17-9-7-15-23(25)27/h1-18,43-50H. The molecule has 50 heavy (non-hydrogen) atoms. The molecule has 9 rings (SSSR count). The second kappa shape index (κ2) is 10.2. The third-order valence-corrected chi connectivity index (χ3v) is 9.87. The summed E-state index contributed by atoms with van der Waals surface area (Å²) in [7, 11) is 0. The lowest BCUT2D eigenvalue weighted by Gasteiger charge is -2.24. The van der Waals surface area contributed by atoms with Gasteiger partial charge in [0.15, 0.2) is 23.0 Å². The van der Waals surface area contributed by atoms with Gasteiger partial charge in [-0.05, 0) is 60.3 Å². The fraction of sp³-hybridized carbons (Fsp3) is 0. The normalized spacial score (nSPS) is 11.8. The molecule has 0 spiro atoms. The van der Waals surface area contributed by atoms with Crippen molar-refractivity contribution in [2.45, 2.75) is 0 Å². The van der Waals surface area contributed by atoms with Crippen LogP contribution in [-0.2, 0) is 0 Å². The Morgan fingerprint density at radius 1 is 0.260 bits per heavy atom. The molecule has 0 bridgehead atoms. The van der Waals surface area contributed by atoms with Gasteiger partial charge < -0.3 is 40.9 Å². The second-order valence-corrected chi connectivity index (χ2v) is 12.4. The van der Waals surface area contributed by atoms with E-state index in [0.29, 0.717) is 16.5 Å². The van der Waals surface area contributed by atoms with Gasteiger partial charge in [-0.3, -0.25) is 0 Å². The van der Waals surface area contributed by atoms with Crippen LogP contribution in [0, 0.1) is 0 Å². The maximum Gasteiger partial charge on any atom is 0.204 e. The minimum absolute atomic E-state index is 0.00656. The molecule has 0 aromatic heterocycles. The quantitative estimate of drug-likeness (QED) is 0.0394. The number of hydrogen-bond donors (Lipinski definition) is 8. The molecule has 0 aliphatic carbocycles. The van der Waals surface area contributed by atoms with E-state index in [1.165, 1.54) is 0 Å². The van der Waals surface area contributed by atoms with E-state index in [4.69, 9.17) is 0 Å². The lowest BCUT2D eigenvalue weighted by atomic mass is 9.81. The molecule has 8 N–H and O–H groups in total. The largest absolute Gasteiger partial charge is 0.504 e. The van der Waals surface area contributed by atoms with Gasteiger partial charge in [0, 0.05) is 32.7 Å². The van der Waals surface area contributed by atoms with E-state index in [1.54, 1.807) is 30.3 Å². The van der Waals surface area contributed by atoms with Gasteiger partial charge in [-0.2, -0.15) is 0 Å². The summed E-state index contributed by atoms with van der Waals surface area (Å²) in [5.74, 6) is -7.30. The zero-order valence-corrected chi connectivity index (χ0v) is 26.0. The molecule has 0 unspecified atom stereocenters. The molecule has 0 aliphatic heterocycles. The van der Waals surface area contributed by atoms with E-state index < -0.39 is 46.0 Å². The molecule has 0 saturated carbocycles. The smallest absolute Gasteiger partial charge is 0.204 e. The van der Waals surface area contributed by atoms with Crippen LogP contribution in [0.5, 0.6) is 46.0 Å². The Labute approximate surface area is 282 Å². The van der Waals surface area contributed by atoms with Gasteiger partial charge >= 0.3 is 0 Å². The third-order valence-electron chi connectivity index (χ3n) is 9.87. The molecule has 0 radical (unpaired) electrons. The second-order valence-electron chi connectivity index (χ2n) is 12.4. The third kappa shape index (κ3) is 3.64. The lowest BCUT2D eigenvalue weighted by Crippen LogP contribution is -1.96. The monoisotopic (exact) mass is 658 g/mol. The summed E-state index contributed by atoms with van der Waals surface area (Å²) in [6.07, 6.45) is 0. The average Bonchev–Trinajstić information content (AvgIpc) is 3.16. The maximum absolute atomic E-state index is 11.7. The van der Waals surface area contributed by atoms with Crippen LogP contribution in [0.1, 0.15) is 0 Å². The van der Waals surface area contributed by atoms with Crippen molar-refractivity contribution in [3.63, 3.8) is 0 Å². The number of phenols is 8. The van der Waals surface area contributed by atoms with Gasteiger partial charge in [0.1, 0.15) is 0 Å². The maximum atomic E-state index is 11.7. The average molecular weight is 659 g/mol. The zero-order chi connectivity index (χ0) is 34.6. The first kappa shape index (κ1) is 29.1. The molecule has 9 aromatic rings. The predicted molar refractivity (Wildman–Crippen MR) is 196 cm³/mol. The van der Waals surface area contributed by atoms with Gasteiger partial charge in [0.2, 0.25) is 23.0 Å². The van der Waals surface area contributed by atoms with Gasteiger partial charge in [-0.15, -0.1) is 0 Å². The van der Waals surface area contributed by atoms with Crippen LogP contribution in [0.4, 0.5) is 0 Å². The van der Waals surface area contributed by atoms with Crippen molar-refractivity contribution in [2.75, 3.05) is 0 Å². The Morgan fingerprint density at radius 3 is 1.08 bits per heavy atom. The fourth-order valence-corrected chi connectivity index (χ4v) is 7.76. The van der Waals surface area contributed by atoms with Crippen molar-refractivity contribution in [2.24, 2.45) is 0 Å². The summed E-state index contributed by atoms with van der Waals surface area (Å²) in [6.45, 7) is 0. The van der Waals surface area contributed by atoms with E-state index in [2.05, 4.69) is 6.07 Å². The highest BCUT2D eigenvalue weighted by Gasteiger charge is 2.33. The summed E-state index contributed by atoms with van der Waals surface area (Å²) in [5.41, 5.74) is 0.764. The minimum atomic E-state index is -1.01. The Hall–Kier alpha value is -7.06. The first-order valence-corrected chi connectivity index (χ1v) is 15.8. The lowest BCUT2D eigenvalue weighted by molar-refractivity contribution is 0.350. The SMILES string of the molecule is Oc1c(O)c(O)c2c(-c3cc4c5ccccc5c5ccccc5c4c4ccccc34)c3c(O)c(O)c(O)c(O)c3c(-c3ccccc3)c2c1O. The first-order chi connectivity index (χ1) is 24.2. The molecule has 9 aromatic carbocycles. The van der Waals surface area contributed by atoms with E-state index in [-0.39, 0.29) is 32.7 Å². The van der Waals surface area contributed by atoms with E-state index in [9.17, 15) is 40.9 Å². The summed E-state index contributed by atoms with van der Waals surface area (Å²) >= 11 is 0. The van der Waals surface area contributed by atoms with E-state index in [0.717, 1.165) is 37.7 Å². The Kier molecular flexibility index (Phi) is 5.95. The molecule has 0 amide bonds. The van der Waals surface area contributed by atoms with Crippen molar-refractivity contribution in [1.29, 1.82) is 0 Å². The molecular weight excluding hydrogens is 632 g/mol. The van der Waals surface area contributed by atoms with Crippen LogP contribution in [0.25, 0.3) is 86.9 Å². The number of phenolic OH excluding ortho intramolecular Hbond substituents is 8. The molecule has 0 saturated heterocycles. The van der Waals surface area contributed by atoms with Crippen molar-refractivity contribution < 1.29 is 40.9 Å². The molecule has 0 heterocycles. The molecule has 0 atom stereocenters. The van der Waals surface area contributed by atoms with Gasteiger partial charge in [0.05, 0.1) is 0 Å². The van der Waals surface area contributed by atoms with Crippen LogP contribution in [-0.4, -0.2) is 40.9 Å². The topological polar surface area (TPSA) is 162 Å².